The summed E-state index contributed by atoms with van der Waals surface area (Å²) in [5.74, 6) is 0. The molecular formula is C15H21Cl2N3O. The molecule has 0 saturated heterocycles. The summed E-state index contributed by atoms with van der Waals surface area (Å²) < 4.78 is 1.73. The van der Waals surface area contributed by atoms with Crippen LogP contribution in [0.2, 0.25) is 5.02 Å². The molecule has 2 rings (SSSR count). The van der Waals surface area contributed by atoms with Crippen molar-refractivity contribution in [3.8, 4) is 0 Å². The molecule has 1 heterocycles. The molecule has 0 amide bonds. The first kappa shape index (κ1) is 18.0. The van der Waals surface area contributed by atoms with Crippen molar-refractivity contribution in [2.45, 2.75) is 39.3 Å². The van der Waals surface area contributed by atoms with E-state index in [1.165, 1.54) is 6.33 Å². The molecule has 2 aromatic rings. The summed E-state index contributed by atoms with van der Waals surface area (Å²) in [7, 11) is 0. The molecule has 1 N–H and O–H groups in total. The van der Waals surface area contributed by atoms with Gasteiger partial charge in [-0.25, -0.2) is 9.67 Å². The van der Waals surface area contributed by atoms with Gasteiger partial charge >= 0.3 is 0 Å². The van der Waals surface area contributed by atoms with Crippen molar-refractivity contribution in [3.63, 3.8) is 0 Å². The molecule has 0 fully saturated rings. The van der Waals surface area contributed by atoms with Gasteiger partial charge in [0.25, 0.3) is 0 Å². The van der Waals surface area contributed by atoms with Gasteiger partial charge in [0.2, 0.25) is 0 Å². The Balaban J connectivity index is 0.00000220. The average molecular weight is 330 g/mol. The molecule has 0 spiro atoms. The van der Waals surface area contributed by atoms with Crippen LogP contribution in [0.15, 0.2) is 36.9 Å². The zero-order valence-corrected chi connectivity index (χ0v) is 14.0. The van der Waals surface area contributed by atoms with Crippen molar-refractivity contribution in [2.24, 2.45) is 5.41 Å². The van der Waals surface area contributed by atoms with Crippen molar-refractivity contribution >= 4 is 24.0 Å². The maximum atomic E-state index is 10.6. The van der Waals surface area contributed by atoms with Crippen LogP contribution in [-0.4, -0.2) is 26.0 Å². The Labute approximate surface area is 136 Å². The molecular weight excluding hydrogens is 309 g/mol. The summed E-state index contributed by atoms with van der Waals surface area (Å²) >= 11 is 5.91. The number of aromatic nitrogens is 3. The summed E-state index contributed by atoms with van der Waals surface area (Å²) in [5.41, 5.74) is 0.876. The lowest BCUT2D eigenvalue weighted by atomic mass is 9.82. The van der Waals surface area contributed by atoms with Crippen LogP contribution in [0.3, 0.4) is 0 Å². The zero-order valence-electron chi connectivity index (χ0n) is 12.4. The molecule has 0 radical (unpaired) electrons. The third-order valence-corrected chi connectivity index (χ3v) is 3.64. The third kappa shape index (κ3) is 4.70. The van der Waals surface area contributed by atoms with E-state index in [4.69, 9.17) is 11.6 Å². The van der Waals surface area contributed by atoms with E-state index in [2.05, 4.69) is 10.1 Å². The number of hydrogen-bond acceptors (Lipinski definition) is 3. The van der Waals surface area contributed by atoms with Crippen LogP contribution in [0.5, 0.6) is 0 Å². The lowest BCUT2D eigenvalue weighted by Gasteiger charge is -2.33. The summed E-state index contributed by atoms with van der Waals surface area (Å²) in [6.45, 7) is 6.05. The monoisotopic (exact) mass is 329 g/mol. The van der Waals surface area contributed by atoms with E-state index in [0.717, 1.165) is 5.56 Å². The molecule has 4 nitrogen and oxygen atoms in total. The topological polar surface area (TPSA) is 50.9 Å². The van der Waals surface area contributed by atoms with Gasteiger partial charge in [0, 0.05) is 5.02 Å². The van der Waals surface area contributed by atoms with Gasteiger partial charge in [0.15, 0.2) is 0 Å². The van der Waals surface area contributed by atoms with Gasteiger partial charge in [0.05, 0.1) is 12.1 Å². The first-order valence-corrected chi connectivity index (χ1v) is 7.02. The van der Waals surface area contributed by atoms with E-state index >= 15 is 0 Å². The van der Waals surface area contributed by atoms with Crippen molar-refractivity contribution in [2.75, 3.05) is 0 Å². The summed E-state index contributed by atoms with van der Waals surface area (Å²) in [6.07, 6.45) is 3.29. The largest absolute Gasteiger partial charge is 0.390 e. The normalized spacial score (nSPS) is 14.3. The van der Waals surface area contributed by atoms with Gasteiger partial charge in [-0.2, -0.15) is 5.10 Å². The lowest BCUT2D eigenvalue weighted by molar-refractivity contribution is 0.0124. The highest BCUT2D eigenvalue weighted by atomic mass is 35.5. The second-order valence-corrected chi connectivity index (χ2v) is 6.52. The van der Waals surface area contributed by atoms with Crippen LogP contribution in [-0.2, 0) is 6.42 Å². The second-order valence-electron chi connectivity index (χ2n) is 6.08. The Bertz CT molecular complexity index is 535. The number of nitrogens with zero attached hydrogens (tertiary/aromatic N) is 3. The van der Waals surface area contributed by atoms with Crippen molar-refractivity contribution in [3.05, 3.63) is 47.5 Å². The molecule has 1 aromatic heterocycles. The molecule has 2 atom stereocenters. The third-order valence-electron chi connectivity index (χ3n) is 3.39. The fourth-order valence-corrected chi connectivity index (χ4v) is 2.30. The van der Waals surface area contributed by atoms with Gasteiger partial charge in [0.1, 0.15) is 12.7 Å². The van der Waals surface area contributed by atoms with Crippen LogP contribution < -0.4 is 0 Å². The van der Waals surface area contributed by atoms with Crippen LogP contribution in [0.25, 0.3) is 0 Å². The summed E-state index contributed by atoms with van der Waals surface area (Å²) in [4.78, 5) is 3.98. The van der Waals surface area contributed by atoms with Gasteiger partial charge < -0.3 is 5.11 Å². The van der Waals surface area contributed by atoms with Crippen molar-refractivity contribution in [1.82, 2.24) is 14.8 Å². The summed E-state index contributed by atoms with van der Waals surface area (Å²) in [5, 5.41) is 15.5. The fourth-order valence-electron chi connectivity index (χ4n) is 2.18. The fraction of sp³-hybridized carbons (Fsp3) is 0.467. The number of halogens is 2. The first-order chi connectivity index (χ1) is 9.38. The molecule has 0 aliphatic carbocycles. The maximum Gasteiger partial charge on any atom is 0.137 e. The van der Waals surface area contributed by atoms with Crippen molar-refractivity contribution < 1.29 is 5.11 Å². The molecule has 1 aromatic carbocycles. The lowest BCUT2D eigenvalue weighted by Crippen LogP contribution is -2.37. The smallest absolute Gasteiger partial charge is 0.137 e. The molecule has 116 valence electrons. The Morgan fingerprint density at radius 1 is 1.24 bits per heavy atom. The predicted molar refractivity (Wildman–Crippen MR) is 86.9 cm³/mol. The molecule has 21 heavy (non-hydrogen) atoms. The minimum atomic E-state index is -0.528. The predicted octanol–water partition coefficient (Wildman–Crippen LogP) is 3.54. The minimum absolute atomic E-state index is 0. The van der Waals surface area contributed by atoms with Crippen LogP contribution in [0.1, 0.15) is 32.4 Å². The molecule has 0 aliphatic rings. The van der Waals surface area contributed by atoms with Gasteiger partial charge in [-0.05, 0) is 29.5 Å². The van der Waals surface area contributed by atoms with Gasteiger partial charge in [-0.1, -0.05) is 44.5 Å². The van der Waals surface area contributed by atoms with Crippen LogP contribution in [0, 0.1) is 5.41 Å². The quantitative estimate of drug-likeness (QED) is 0.933. The average Bonchev–Trinajstić information content (AvgIpc) is 2.90. The maximum absolute atomic E-state index is 10.6. The second kappa shape index (κ2) is 7.25. The number of hydrogen-bond donors (Lipinski definition) is 1. The van der Waals surface area contributed by atoms with E-state index in [0.29, 0.717) is 11.4 Å². The number of rotatable bonds is 4. The molecule has 6 heteroatoms. The molecule has 0 bridgehead atoms. The van der Waals surface area contributed by atoms with Crippen LogP contribution >= 0.6 is 24.0 Å². The Kier molecular flexibility index (Phi) is 6.20. The van der Waals surface area contributed by atoms with Crippen LogP contribution in [0.4, 0.5) is 0 Å². The Morgan fingerprint density at radius 3 is 2.33 bits per heavy atom. The minimum Gasteiger partial charge on any atom is -0.390 e. The van der Waals surface area contributed by atoms with Gasteiger partial charge in [-0.3, -0.25) is 0 Å². The highest BCUT2D eigenvalue weighted by molar-refractivity contribution is 6.30. The number of benzene rings is 1. The molecule has 0 unspecified atom stereocenters. The Morgan fingerprint density at radius 2 is 1.86 bits per heavy atom. The van der Waals surface area contributed by atoms with E-state index in [9.17, 15) is 5.11 Å². The number of aliphatic hydroxyl groups is 1. The highest BCUT2D eigenvalue weighted by Crippen LogP contribution is 2.30. The van der Waals surface area contributed by atoms with E-state index in [1.807, 2.05) is 45.0 Å². The SMILES string of the molecule is CC(C)(C)[C@H](O)[C@H](Cc1ccc(Cl)cc1)n1cncn1.Cl. The standard InChI is InChI=1S/C15H20ClN3O.ClH/c1-15(2,3)14(20)13(19-10-17-9-18-19)8-11-4-6-12(16)7-5-11;/h4-7,9-10,13-14,20H,8H2,1-3H3;1H/t13-,14+;/m0./s1. The zero-order chi connectivity index (χ0) is 14.8. The number of aliphatic hydroxyl groups excluding tert-OH is 1. The highest BCUT2D eigenvalue weighted by Gasteiger charge is 2.32. The molecule has 0 aliphatic heterocycles. The van der Waals surface area contributed by atoms with E-state index < -0.39 is 6.10 Å². The van der Waals surface area contributed by atoms with E-state index in [-0.39, 0.29) is 23.9 Å². The Hall–Kier alpha value is -1.10. The van der Waals surface area contributed by atoms with Crippen molar-refractivity contribution in [1.29, 1.82) is 0 Å². The van der Waals surface area contributed by atoms with E-state index in [1.54, 1.807) is 11.0 Å². The molecule has 0 saturated carbocycles. The summed E-state index contributed by atoms with van der Waals surface area (Å²) in [6, 6.07) is 7.51. The van der Waals surface area contributed by atoms with Gasteiger partial charge in [-0.15, -0.1) is 12.4 Å². The first-order valence-electron chi connectivity index (χ1n) is 6.64.